The maximum atomic E-state index is 11.9. The molecule has 5 atom stereocenters. The van der Waals surface area contributed by atoms with Gasteiger partial charge in [0.25, 0.3) is 0 Å². The van der Waals surface area contributed by atoms with Crippen LogP contribution in [0.3, 0.4) is 0 Å². The summed E-state index contributed by atoms with van der Waals surface area (Å²) < 4.78 is 34.6. The lowest BCUT2D eigenvalue weighted by Crippen LogP contribution is -2.33. The Balaban J connectivity index is 1.55. The smallest absolute Gasteiger partial charge is 0.340 e. The van der Waals surface area contributed by atoms with Crippen molar-refractivity contribution in [2.45, 2.75) is 37.3 Å². The van der Waals surface area contributed by atoms with E-state index in [-0.39, 0.29) is 5.15 Å². The molecule has 2 aliphatic rings. The van der Waals surface area contributed by atoms with Gasteiger partial charge in [-0.05, 0) is 12.8 Å². The number of halogens is 1. The minimum atomic E-state index is -4.80. The SMILES string of the molecule is O=P(O)(O)CP(=O)(O)OC[C@H]1OC(c2cnc3c(N4CCCC4)cc(Cl)nn23)[C@H](O)[C@@H]1O. The molecule has 0 radical (unpaired) electrons. The lowest BCUT2D eigenvalue weighted by molar-refractivity contribution is -0.0204. The van der Waals surface area contributed by atoms with E-state index in [9.17, 15) is 24.2 Å². The number of aliphatic hydroxyl groups excluding tert-OH is 2. The van der Waals surface area contributed by atoms with Gasteiger partial charge in [0.2, 0.25) is 0 Å². The zero-order valence-electron chi connectivity index (χ0n) is 16.6. The summed E-state index contributed by atoms with van der Waals surface area (Å²) in [6.45, 7) is 1.01. The van der Waals surface area contributed by atoms with Crippen LogP contribution in [0.1, 0.15) is 24.6 Å². The van der Waals surface area contributed by atoms with Gasteiger partial charge in [-0.2, -0.15) is 5.10 Å². The average molecular weight is 513 g/mol. The van der Waals surface area contributed by atoms with Gasteiger partial charge in [0, 0.05) is 19.2 Å². The van der Waals surface area contributed by atoms with E-state index in [1.54, 1.807) is 6.07 Å². The fraction of sp³-hybridized carbons (Fsp3) is 0.625. The molecular formula is C16H23ClN4O9P2. The first kappa shape index (κ1) is 24.0. The third kappa shape index (κ3) is 5.02. The van der Waals surface area contributed by atoms with Crippen LogP contribution in [-0.2, 0) is 18.4 Å². The van der Waals surface area contributed by atoms with E-state index in [1.165, 1.54) is 10.7 Å². The normalized spacial score (nSPS) is 28.5. The molecule has 32 heavy (non-hydrogen) atoms. The van der Waals surface area contributed by atoms with Gasteiger partial charge < -0.3 is 39.1 Å². The minimum absolute atomic E-state index is 0.199. The Bertz CT molecular complexity index is 1090. The number of imidazole rings is 1. The van der Waals surface area contributed by atoms with E-state index in [2.05, 4.69) is 15.0 Å². The van der Waals surface area contributed by atoms with Gasteiger partial charge in [-0.1, -0.05) is 11.6 Å². The number of aliphatic hydroxyl groups is 2. The van der Waals surface area contributed by atoms with Gasteiger partial charge >= 0.3 is 15.2 Å². The maximum Gasteiger partial charge on any atom is 0.340 e. The molecular weight excluding hydrogens is 490 g/mol. The molecule has 2 aliphatic heterocycles. The van der Waals surface area contributed by atoms with Gasteiger partial charge in [0.1, 0.15) is 24.4 Å². The molecule has 4 rings (SSSR count). The lowest BCUT2D eigenvalue weighted by atomic mass is 10.1. The van der Waals surface area contributed by atoms with Crippen LogP contribution >= 0.6 is 26.8 Å². The molecule has 0 aromatic carbocycles. The van der Waals surface area contributed by atoms with Gasteiger partial charge in [-0.15, -0.1) is 0 Å². The van der Waals surface area contributed by atoms with Gasteiger partial charge in [-0.25, -0.2) is 9.50 Å². The van der Waals surface area contributed by atoms with Crippen molar-refractivity contribution in [3.8, 4) is 0 Å². The summed E-state index contributed by atoms with van der Waals surface area (Å²) in [5.74, 6) is -1.37. The van der Waals surface area contributed by atoms with Crippen LogP contribution in [0.15, 0.2) is 12.3 Å². The standard InChI is InChI=1S/C16H23ClN4O9P2/c17-12-5-9(20-3-1-2-4-20)16-18-6-10(21(16)19-12)15-14(23)13(22)11(30-15)7-29-32(27,28)8-31(24,25)26/h5-6,11,13-15,22-23H,1-4,7-8H2,(H,27,28)(H2,24,25,26)/t11-,13-,14-,15?/m1/s1. The first-order valence-corrected chi connectivity index (χ1v) is 13.7. The zero-order chi connectivity index (χ0) is 23.3. The van der Waals surface area contributed by atoms with Crippen LogP contribution in [0.5, 0.6) is 0 Å². The van der Waals surface area contributed by atoms with Crippen molar-refractivity contribution >= 4 is 38.1 Å². The highest BCUT2D eigenvalue weighted by Crippen LogP contribution is 2.55. The van der Waals surface area contributed by atoms with Crippen LogP contribution in [0, 0.1) is 0 Å². The topological polar surface area (TPSA) is 187 Å². The lowest BCUT2D eigenvalue weighted by Gasteiger charge is -2.19. The third-order valence-corrected chi connectivity index (χ3v) is 8.99. The molecule has 0 bridgehead atoms. The van der Waals surface area contributed by atoms with Crippen LogP contribution in [0.25, 0.3) is 5.65 Å². The van der Waals surface area contributed by atoms with E-state index in [0.717, 1.165) is 31.6 Å². The average Bonchev–Trinajstić information content (AvgIpc) is 3.39. The Morgan fingerprint density at radius 2 is 1.88 bits per heavy atom. The molecule has 13 nitrogen and oxygen atoms in total. The Labute approximate surface area is 187 Å². The van der Waals surface area contributed by atoms with Gasteiger partial charge in [0.05, 0.1) is 24.2 Å². The molecule has 0 aliphatic carbocycles. The highest BCUT2D eigenvalue weighted by atomic mass is 35.5. The van der Waals surface area contributed by atoms with Crippen molar-refractivity contribution in [3.05, 3.63) is 23.1 Å². The molecule has 0 spiro atoms. The molecule has 16 heteroatoms. The summed E-state index contributed by atoms with van der Waals surface area (Å²) in [5.41, 5.74) is 1.58. The Hall–Kier alpha value is -1.11. The van der Waals surface area contributed by atoms with E-state index in [1.807, 2.05) is 0 Å². The fourth-order valence-electron chi connectivity index (χ4n) is 3.92. The second-order valence-corrected chi connectivity index (χ2v) is 12.2. The number of hydrogen-bond donors (Lipinski definition) is 5. The molecule has 5 N–H and O–H groups in total. The summed E-state index contributed by atoms with van der Waals surface area (Å²) in [6.07, 6.45) is -1.78. The molecule has 2 aromatic rings. The molecule has 4 heterocycles. The highest BCUT2D eigenvalue weighted by molar-refractivity contribution is 7.70. The van der Waals surface area contributed by atoms with Crippen molar-refractivity contribution in [2.24, 2.45) is 0 Å². The molecule has 178 valence electrons. The largest absolute Gasteiger partial charge is 0.387 e. The van der Waals surface area contributed by atoms with Crippen molar-refractivity contribution in [3.63, 3.8) is 0 Å². The molecule has 2 saturated heterocycles. The third-order valence-electron chi connectivity index (χ3n) is 5.35. The van der Waals surface area contributed by atoms with E-state index >= 15 is 0 Å². The van der Waals surface area contributed by atoms with Gasteiger partial charge in [-0.3, -0.25) is 9.13 Å². The van der Waals surface area contributed by atoms with E-state index in [0.29, 0.717) is 11.3 Å². The predicted octanol–water partition coefficient (Wildman–Crippen LogP) is 0.482. The minimum Gasteiger partial charge on any atom is -0.387 e. The molecule has 2 aromatic heterocycles. The Morgan fingerprint density at radius 3 is 2.53 bits per heavy atom. The number of hydrogen-bond acceptors (Lipinski definition) is 9. The van der Waals surface area contributed by atoms with Crippen molar-refractivity contribution in [2.75, 3.05) is 30.5 Å². The molecule has 0 amide bonds. The zero-order valence-corrected chi connectivity index (χ0v) is 19.2. The quantitative estimate of drug-likeness (QED) is 0.323. The monoisotopic (exact) mass is 512 g/mol. The summed E-state index contributed by atoms with van der Waals surface area (Å²) in [6, 6.07) is 1.70. The fourth-order valence-corrected chi connectivity index (χ4v) is 6.67. The first-order valence-electron chi connectivity index (χ1n) is 9.77. The van der Waals surface area contributed by atoms with Crippen molar-refractivity contribution < 1.29 is 43.3 Å². The maximum absolute atomic E-state index is 11.9. The number of fused-ring (bicyclic) bond motifs is 1. The highest BCUT2D eigenvalue weighted by Gasteiger charge is 2.46. The second kappa shape index (κ2) is 8.92. The first-order chi connectivity index (χ1) is 15.0. The van der Waals surface area contributed by atoms with Crippen molar-refractivity contribution in [1.29, 1.82) is 0 Å². The molecule has 0 saturated carbocycles. The summed E-state index contributed by atoms with van der Waals surface area (Å²) >= 11 is 6.20. The van der Waals surface area contributed by atoms with Crippen molar-refractivity contribution in [1.82, 2.24) is 14.6 Å². The Morgan fingerprint density at radius 1 is 1.19 bits per heavy atom. The number of ether oxygens (including phenoxy) is 1. The number of anilines is 1. The predicted molar refractivity (Wildman–Crippen MR) is 112 cm³/mol. The molecule has 2 unspecified atom stereocenters. The second-order valence-electron chi connectivity index (χ2n) is 7.78. The summed E-state index contributed by atoms with van der Waals surface area (Å²) in [4.78, 5) is 33.9. The van der Waals surface area contributed by atoms with Crippen LogP contribution < -0.4 is 4.90 Å². The Kier molecular flexibility index (Phi) is 6.70. The summed E-state index contributed by atoms with van der Waals surface area (Å²) in [5, 5.41) is 25.3. The summed E-state index contributed by atoms with van der Waals surface area (Å²) in [7, 11) is -9.45. The molecule has 2 fully saturated rings. The van der Waals surface area contributed by atoms with Crippen LogP contribution in [0.2, 0.25) is 5.15 Å². The van der Waals surface area contributed by atoms with Crippen LogP contribution in [-0.4, -0.2) is 83.4 Å². The van der Waals surface area contributed by atoms with Crippen LogP contribution in [0.4, 0.5) is 5.69 Å². The number of aromatic nitrogens is 3. The van der Waals surface area contributed by atoms with Gasteiger partial charge in [0.15, 0.2) is 16.7 Å². The van der Waals surface area contributed by atoms with E-state index < -0.39 is 52.1 Å². The number of nitrogens with zero attached hydrogens (tertiary/aromatic N) is 4. The number of rotatable bonds is 7. The van der Waals surface area contributed by atoms with E-state index in [4.69, 9.17) is 30.6 Å².